The molecule has 2 heterocycles. The molecule has 2 aromatic rings. The minimum Gasteiger partial charge on any atom is -0.497 e. The number of amides is 1. The van der Waals surface area contributed by atoms with E-state index in [1.165, 1.54) is 31.3 Å². The number of aromatic nitrogens is 3. The van der Waals surface area contributed by atoms with Gasteiger partial charge >= 0.3 is 12.1 Å². The normalized spacial score (nSPS) is 11.3. The molecular weight excluding hydrogens is 317 g/mol. The Balaban J connectivity index is 1.97. The molecule has 2 aromatic heterocycles. The van der Waals surface area contributed by atoms with Crippen LogP contribution in [0.1, 0.15) is 22.2 Å². The van der Waals surface area contributed by atoms with Crippen molar-refractivity contribution in [1.82, 2.24) is 20.0 Å². The highest BCUT2D eigenvalue weighted by molar-refractivity contribution is 5.92. The van der Waals surface area contributed by atoms with Gasteiger partial charge in [-0.1, -0.05) is 5.16 Å². The maximum atomic E-state index is 12.3. The first kappa shape index (κ1) is 16.7. The molecule has 0 bridgehead atoms. The predicted molar refractivity (Wildman–Crippen MR) is 70.8 cm³/mol. The lowest BCUT2D eigenvalue weighted by atomic mass is 10.3. The molecule has 0 saturated carbocycles. The van der Waals surface area contributed by atoms with E-state index in [9.17, 15) is 18.0 Å². The molecule has 0 atom stereocenters. The number of pyridine rings is 1. The van der Waals surface area contributed by atoms with Crippen LogP contribution >= 0.6 is 0 Å². The fourth-order valence-corrected chi connectivity index (χ4v) is 1.69. The SMILES string of the molecule is COc1ccnc(C(=O)N(C)CCc2noc(C(F)(F)F)n2)c1. The van der Waals surface area contributed by atoms with Crippen molar-refractivity contribution in [2.75, 3.05) is 20.7 Å². The number of ether oxygens (including phenoxy) is 1. The van der Waals surface area contributed by atoms with E-state index in [1.807, 2.05) is 0 Å². The summed E-state index contributed by atoms with van der Waals surface area (Å²) < 4.78 is 46.1. The summed E-state index contributed by atoms with van der Waals surface area (Å²) in [6, 6.07) is 3.06. The van der Waals surface area contributed by atoms with Crippen LogP contribution in [0.2, 0.25) is 0 Å². The fraction of sp³-hybridized carbons (Fsp3) is 0.385. The van der Waals surface area contributed by atoms with E-state index in [1.54, 1.807) is 6.07 Å². The van der Waals surface area contributed by atoms with Gasteiger partial charge in [0, 0.05) is 32.3 Å². The number of methoxy groups -OCH3 is 1. The maximum Gasteiger partial charge on any atom is 0.471 e. The Kier molecular flexibility index (Phi) is 4.82. The van der Waals surface area contributed by atoms with Crippen molar-refractivity contribution in [2.45, 2.75) is 12.6 Å². The quantitative estimate of drug-likeness (QED) is 0.831. The molecule has 0 aliphatic rings. The van der Waals surface area contributed by atoms with Crippen molar-refractivity contribution in [1.29, 1.82) is 0 Å². The van der Waals surface area contributed by atoms with Gasteiger partial charge in [-0.25, -0.2) is 0 Å². The summed E-state index contributed by atoms with van der Waals surface area (Å²) in [4.78, 5) is 20.6. The van der Waals surface area contributed by atoms with Gasteiger partial charge in [-0.2, -0.15) is 18.2 Å². The zero-order valence-corrected chi connectivity index (χ0v) is 12.3. The highest BCUT2D eigenvalue weighted by Crippen LogP contribution is 2.27. The highest BCUT2D eigenvalue weighted by Gasteiger charge is 2.38. The third-order valence-electron chi connectivity index (χ3n) is 2.91. The Bertz CT molecular complexity index is 687. The first-order valence-corrected chi connectivity index (χ1v) is 6.46. The Morgan fingerprint density at radius 2 is 2.17 bits per heavy atom. The topological polar surface area (TPSA) is 81.4 Å². The molecule has 0 radical (unpaired) electrons. The van der Waals surface area contributed by atoms with Gasteiger partial charge in [0.05, 0.1) is 7.11 Å². The lowest BCUT2D eigenvalue weighted by molar-refractivity contribution is -0.159. The molecule has 0 aliphatic carbocycles. The summed E-state index contributed by atoms with van der Waals surface area (Å²) in [5.41, 5.74) is 0.163. The molecular formula is C13H13F3N4O3. The van der Waals surface area contributed by atoms with Crippen molar-refractivity contribution in [3.05, 3.63) is 35.7 Å². The van der Waals surface area contributed by atoms with Crippen molar-refractivity contribution < 1.29 is 27.2 Å². The van der Waals surface area contributed by atoms with E-state index in [-0.39, 0.29) is 24.5 Å². The molecule has 10 heteroatoms. The lowest BCUT2D eigenvalue weighted by Gasteiger charge is -2.15. The second-order valence-electron chi connectivity index (χ2n) is 4.57. The first-order valence-electron chi connectivity index (χ1n) is 6.46. The zero-order valence-electron chi connectivity index (χ0n) is 12.3. The van der Waals surface area contributed by atoms with Crippen LogP contribution in [0.5, 0.6) is 5.75 Å². The van der Waals surface area contributed by atoms with Crippen LogP contribution in [0.4, 0.5) is 13.2 Å². The number of alkyl halides is 3. The Labute approximate surface area is 129 Å². The van der Waals surface area contributed by atoms with Crippen LogP contribution in [0.25, 0.3) is 0 Å². The van der Waals surface area contributed by atoms with Crippen LogP contribution in [-0.4, -0.2) is 46.6 Å². The summed E-state index contributed by atoms with van der Waals surface area (Å²) >= 11 is 0. The average Bonchev–Trinajstić information content (AvgIpc) is 3.01. The zero-order chi connectivity index (χ0) is 17.0. The van der Waals surface area contributed by atoms with Gasteiger partial charge in [0.1, 0.15) is 11.4 Å². The van der Waals surface area contributed by atoms with Crippen LogP contribution in [-0.2, 0) is 12.6 Å². The van der Waals surface area contributed by atoms with Gasteiger partial charge in [0.2, 0.25) is 0 Å². The molecule has 1 amide bonds. The molecule has 2 rings (SSSR count). The molecule has 124 valence electrons. The molecule has 23 heavy (non-hydrogen) atoms. The number of carbonyl (C=O) groups is 1. The Morgan fingerprint density at radius 3 is 2.78 bits per heavy atom. The Morgan fingerprint density at radius 1 is 1.43 bits per heavy atom. The van der Waals surface area contributed by atoms with Gasteiger partial charge in [0.25, 0.3) is 5.91 Å². The van der Waals surface area contributed by atoms with E-state index in [0.717, 1.165) is 0 Å². The maximum absolute atomic E-state index is 12.3. The number of hydrogen-bond acceptors (Lipinski definition) is 6. The van der Waals surface area contributed by atoms with Crippen LogP contribution in [0, 0.1) is 0 Å². The minimum absolute atomic E-state index is 0.0196. The minimum atomic E-state index is -4.68. The largest absolute Gasteiger partial charge is 0.497 e. The second-order valence-corrected chi connectivity index (χ2v) is 4.57. The summed E-state index contributed by atoms with van der Waals surface area (Å²) in [6.07, 6.45) is -3.24. The number of hydrogen-bond donors (Lipinski definition) is 0. The standard InChI is InChI=1S/C13H13F3N4O3/c1-20(11(21)9-7-8(22-2)3-5-17-9)6-4-10-18-12(23-19-10)13(14,15)16/h3,5,7H,4,6H2,1-2H3. The number of rotatable bonds is 5. The van der Waals surface area contributed by atoms with E-state index in [4.69, 9.17) is 4.74 Å². The average molecular weight is 330 g/mol. The predicted octanol–water partition coefficient (Wildman–Crippen LogP) is 1.81. The molecule has 0 fully saturated rings. The molecule has 7 nitrogen and oxygen atoms in total. The van der Waals surface area contributed by atoms with Crippen LogP contribution in [0.15, 0.2) is 22.9 Å². The molecule has 0 spiro atoms. The number of carbonyl (C=O) groups excluding carboxylic acids is 1. The molecule has 0 saturated heterocycles. The molecule has 0 aliphatic heterocycles. The van der Waals surface area contributed by atoms with Gasteiger partial charge in [-0.3, -0.25) is 9.78 Å². The van der Waals surface area contributed by atoms with E-state index in [0.29, 0.717) is 5.75 Å². The van der Waals surface area contributed by atoms with Crippen molar-refractivity contribution in [3.8, 4) is 5.75 Å². The summed E-state index contributed by atoms with van der Waals surface area (Å²) in [5, 5.41) is 3.23. The van der Waals surface area contributed by atoms with Crippen molar-refractivity contribution >= 4 is 5.91 Å². The van der Waals surface area contributed by atoms with Gasteiger partial charge in [-0.15, -0.1) is 0 Å². The van der Waals surface area contributed by atoms with E-state index in [2.05, 4.69) is 19.6 Å². The van der Waals surface area contributed by atoms with Crippen LogP contribution in [0.3, 0.4) is 0 Å². The summed E-state index contributed by atoms with van der Waals surface area (Å²) in [7, 11) is 2.95. The van der Waals surface area contributed by atoms with Gasteiger partial charge < -0.3 is 14.2 Å². The first-order chi connectivity index (χ1) is 10.8. The summed E-state index contributed by atoms with van der Waals surface area (Å²) in [5.74, 6) is -1.46. The molecule has 0 aromatic carbocycles. The molecule has 0 N–H and O–H groups in total. The van der Waals surface area contributed by atoms with E-state index >= 15 is 0 Å². The van der Waals surface area contributed by atoms with Crippen molar-refractivity contribution in [3.63, 3.8) is 0 Å². The summed E-state index contributed by atoms with van der Waals surface area (Å²) in [6.45, 7) is 0.106. The number of likely N-dealkylation sites (N-methyl/N-ethyl adjacent to an activating group) is 1. The third kappa shape index (κ3) is 4.18. The smallest absolute Gasteiger partial charge is 0.471 e. The lowest BCUT2D eigenvalue weighted by Crippen LogP contribution is -2.29. The third-order valence-corrected chi connectivity index (χ3v) is 2.91. The Hall–Kier alpha value is -2.65. The molecule has 0 unspecified atom stereocenters. The second kappa shape index (κ2) is 6.63. The van der Waals surface area contributed by atoms with E-state index < -0.39 is 18.0 Å². The monoisotopic (exact) mass is 330 g/mol. The van der Waals surface area contributed by atoms with Gasteiger partial charge in [-0.05, 0) is 6.07 Å². The number of halogens is 3. The fourth-order valence-electron chi connectivity index (χ4n) is 1.69. The number of nitrogens with zero attached hydrogens (tertiary/aromatic N) is 4. The van der Waals surface area contributed by atoms with Crippen molar-refractivity contribution in [2.24, 2.45) is 0 Å². The van der Waals surface area contributed by atoms with Crippen LogP contribution < -0.4 is 4.74 Å². The van der Waals surface area contributed by atoms with Gasteiger partial charge in [0.15, 0.2) is 5.82 Å². The highest BCUT2D eigenvalue weighted by atomic mass is 19.4.